The Bertz CT molecular complexity index is 943. The maximum absolute atomic E-state index is 12.3. The van der Waals surface area contributed by atoms with Crippen LogP contribution in [0, 0.1) is 0 Å². The van der Waals surface area contributed by atoms with Gasteiger partial charge < -0.3 is 9.30 Å². The first kappa shape index (κ1) is 18.0. The fraction of sp³-hybridized carbons (Fsp3) is 0.353. The number of methoxy groups -OCH3 is 1. The lowest BCUT2D eigenvalue weighted by molar-refractivity contribution is -0.142. The van der Waals surface area contributed by atoms with Gasteiger partial charge in [-0.25, -0.2) is 0 Å². The van der Waals surface area contributed by atoms with Gasteiger partial charge in [0.25, 0.3) is 5.91 Å². The second-order valence-electron chi connectivity index (χ2n) is 5.71. The van der Waals surface area contributed by atoms with Crippen LogP contribution in [0.4, 0.5) is 0 Å². The average Bonchev–Trinajstić information content (AvgIpc) is 3.13. The summed E-state index contributed by atoms with van der Waals surface area (Å²) in [6.45, 7) is -0.0483. The maximum Gasteiger partial charge on any atom is 0.307 e. The van der Waals surface area contributed by atoms with Crippen LogP contribution in [0.15, 0.2) is 29.3 Å². The van der Waals surface area contributed by atoms with Gasteiger partial charge in [0.1, 0.15) is 6.54 Å². The molecule has 8 nitrogen and oxygen atoms in total. The summed E-state index contributed by atoms with van der Waals surface area (Å²) >= 11 is 1.31. The molecular formula is C17H17N3O5S. The lowest BCUT2D eigenvalue weighted by atomic mass is 10.3. The summed E-state index contributed by atoms with van der Waals surface area (Å²) < 4.78 is 7.35. The van der Waals surface area contributed by atoms with Gasteiger partial charge in [0.2, 0.25) is 11.8 Å². The number of carbonyl (C=O) groups is 4. The minimum absolute atomic E-state index is 0.133. The summed E-state index contributed by atoms with van der Waals surface area (Å²) in [7, 11) is 1.32. The van der Waals surface area contributed by atoms with Crippen LogP contribution in [0.2, 0.25) is 0 Å². The monoisotopic (exact) mass is 375 g/mol. The number of carbonyl (C=O) groups excluding carboxylic acids is 4. The molecule has 0 aliphatic carbocycles. The zero-order valence-electron chi connectivity index (χ0n) is 14.1. The summed E-state index contributed by atoms with van der Waals surface area (Å²) in [6, 6.07) is 7.50. The first-order chi connectivity index (χ1) is 12.5. The van der Waals surface area contributed by atoms with E-state index in [-0.39, 0.29) is 43.6 Å². The quantitative estimate of drug-likeness (QED) is 0.570. The number of esters is 1. The summed E-state index contributed by atoms with van der Waals surface area (Å²) in [5, 5.41) is 0. The van der Waals surface area contributed by atoms with Gasteiger partial charge in [-0.1, -0.05) is 23.5 Å². The predicted octanol–water partition coefficient (Wildman–Crippen LogP) is 0.842. The van der Waals surface area contributed by atoms with Gasteiger partial charge in [0.15, 0.2) is 4.80 Å². The van der Waals surface area contributed by atoms with Crippen molar-refractivity contribution >= 4 is 45.2 Å². The smallest absolute Gasteiger partial charge is 0.307 e. The molecule has 1 fully saturated rings. The Morgan fingerprint density at radius 1 is 1.19 bits per heavy atom. The van der Waals surface area contributed by atoms with Crippen molar-refractivity contribution in [2.75, 3.05) is 13.7 Å². The number of imide groups is 1. The number of thiazole rings is 1. The summed E-state index contributed by atoms with van der Waals surface area (Å²) in [5.41, 5.74) is 0.848. The fourth-order valence-electron chi connectivity index (χ4n) is 2.70. The van der Waals surface area contributed by atoms with Crippen LogP contribution in [0.3, 0.4) is 0 Å². The number of amides is 3. The number of para-hydroxylation sites is 1. The number of aromatic nitrogens is 1. The van der Waals surface area contributed by atoms with Gasteiger partial charge in [-0.05, 0) is 12.1 Å². The van der Waals surface area contributed by atoms with Gasteiger partial charge in [0.05, 0.1) is 23.7 Å². The molecule has 1 aliphatic heterocycles. The van der Waals surface area contributed by atoms with E-state index in [1.54, 1.807) is 4.57 Å². The van der Waals surface area contributed by atoms with Crippen molar-refractivity contribution in [1.29, 1.82) is 0 Å². The molecule has 0 spiro atoms. The molecule has 2 heterocycles. The molecule has 3 amide bonds. The third-order valence-corrected chi connectivity index (χ3v) is 5.08. The Morgan fingerprint density at radius 3 is 2.58 bits per heavy atom. The number of hydrogen-bond acceptors (Lipinski definition) is 6. The molecule has 9 heteroatoms. The molecule has 3 rings (SSSR count). The van der Waals surface area contributed by atoms with Crippen LogP contribution in [0.25, 0.3) is 10.2 Å². The number of ether oxygens (including phenoxy) is 1. The summed E-state index contributed by atoms with van der Waals surface area (Å²) in [6.07, 6.45) is 0.407. The molecule has 0 bridgehead atoms. The molecule has 26 heavy (non-hydrogen) atoms. The standard InChI is InChI=1S/C17H17N3O5S/c1-25-16(24)8-9-19-11-4-2-3-5-12(11)26-17(19)18-13(21)10-20-14(22)6-7-15(20)23/h2-5H,6-10H2,1H3. The van der Waals surface area contributed by atoms with Crippen LogP contribution in [0.5, 0.6) is 0 Å². The molecule has 0 atom stereocenters. The van der Waals surface area contributed by atoms with Crippen molar-refractivity contribution in [3.8, 4) is 0 Å². The maximum atomic E-state index is 12.3. The SMILES string of the molecule is COC(=O)CCn1c(=NC(=O)CN2C(=O)CCC2=O)sc2ccccc21. The molecular weight excluding hydrogens is 358 g/mol. The van der Waals surface area contributed by atoms with E-state index in [2.05, 4.69) is 9.73 Å². The van der Waals surface area contributed by atoms with Gasteiger partial charge in [-0.15, -0.1) is 0 Å². The van der Waals surface area contributed by atoms with Crippen molar-refractivity contribution in [3.05, 3.63) is 29.1 Å². The molecule has 1 saturated heterocycles. The van der Waals surface area contributed by atoms with Crippen molar-refractivity contribution in [2.24, 2.45) is 4.99 Å². The Morgan fingerprint density at radius 2 is 1.88 bits per heavy atom. The van der Waals surface area contributed by atoms with Crippen LogP contribution >= 0.6 is 11.3 Å². The van der Waals surface area contributed by atoms with Crippen LogP contribution in [-0.4, -0.2) is 46.8 Å². The zero-order valence-corrected chi connectivity index (χ0v) is 15.0. The summed E-state index contributed by atoms with van der Waals surface area (Å²) in [5.74, 6) is -1.65. The van der Waals surface area contributed by atoms with Crippen molar-refractivity contribution < 1.29 is 23.9 Å². The number of benzene rings is 1. The summed E-state index contributed by atoms with van der Waals surface area (Å²) in [4.78, 5) is 52.5. The van der Waals surface area contributed by atoms with Crippen molar-refractivity contribution in [2.45, 2.75) is 25.8 Å². The van der Waals surface area contributed by atoms with E-state index in [4.69, 9.17) is 0 Å². The topological polar surface area (TPSA) is 98.0 Å². The van der Waals surface area contributed by atoms with Crippen molar-refractivity contribution in [1.82, 2.24) is 9.47 Å². The fourth-order valence-corrected chi connectivity index (χ4v) is 3.78. The Labute approximate surface area is 152 Å². The number of fused-ring (bicyclic) bond motifs is 1. The van der Waals surface area contributed by atoms with Gasteiger partial charge in [0, 0.05) is 19.4 Å². The molecule has 2 aromatic rings. The highest BCUT2D eigenvalue weighted by Gasteiger charge is 2.30. The zero-order chi connectivity index (χ0) is 18.7. The molecule has 0 unspecified atom stereocenters. The molecule has 1 aromatic carbocycles. The minimum Gasteiger partial charge on any atom is -0.469 e. The number of aryl methyl sites for hydroxylation is 1. The van der Waals surface area contributed by atoms with E-state index in [0.29, 0.717) is 11.3 Å². The highest BCUT2D eigenvalue weighted by atomic mass is 32.1. The highest BCUT2D eigenvalue weighted by Crippen LogP contribution is 2.17. The van der Waals surface area contributed by atoms with E-state index >= 15 is 0 Å². The lowest BCUT2D eigenvalue weighted by Crippen LogP contribution is -2.34. The second kappa shape index (κ2) is 7.61. The molecule has 1 aromatic heterocycles. The van der Waals surface area contributed by atoms with E-state index in [1.807, 2.05) is 24.3 Å². The van der Waals surface area contributed by atoms with Crippen LogP contribution in [0.1, 0.15) is 19.3 Å². The first-order valence-electron chi connectivity index (χ1n) is 8.05. The minimum atomic E-state index is -0.577. The average molecular weight is 375 g/mol. The predicted molar refractivity (Wildman–Crippen MR) is 93.0 cm³/mol. The van der Waals surface area contributed by atoms with Crippen molar-refractivity contribution in [3.63, 3.8) is 0 Å². The molecule has 0 N–H and O–H groups in total. The molecule has 0 saturated carbocycles. The normalized spacial score (nSPS) is 15.1. The Balaban J connectivity index is 1.91. The molecule has 0 radical (unpaired) electrons. The highest BCUT2D eigenvalue weighted by molar-refractivity contribution is 7.16. The number of likely N-dealkylation sites (tertiary alicyclic amines) is 1. The van der Waals surface area contributed by atoms with E-state index < -0.39 is 5.91 Å². The van der Waals surface area contributed by atoms with Crippen LogP contribution < -0.4 is 4.80 Å². The van der Waals surface area contributed by atoms with E-state index in [9.17, 15) is 19.2 Å². The van der Waals surface area contributed by atoms with Gasteiger partial charge >= 0.3 is 5.97 Å². The molecule has 1 aliphatic rings. The van der Waals surface area contributed by atoms with E-state index in [0.717, 1.165) is 15.1 Å². The van der Waals surface area contributed by atoms with Gasteiger partial charge in [-0.2, -0.15) is 4.99 Å². The van der Waals surface area contributed by atoms with Gasteiger partial charge in [-0.3, -0.25) is 24.1 Å². The Kier molecular flexibility index (Phi) is 5.27. The molecule has 136 valence electrons. The second-order valence-corrected chi connectivity index (χ2v) is 6.72. The lowest BCUT2D eigenvalue weighted by Gasteiger charge is -2.10. The number of rotatable bonds is 5. The third kappa shape index (κ3) is 3.72. The first-order valence-corrected chi connectivity index (χ1v) is 8.87. The van der Waals surface area contributed by atoms with E-state index in [1.165, 1.54) is 18.4 Å². The third-order valence-electron chi connectivity index (χ3n) is 4.02. The van der Waals surface area contributed by atoms with Crippen LogP contribution in [-0.2, 0) is 30.5 Å². The number of nitrogens with zero attached hydrogens (tertiary/aromatic N) is 3. The largest absolute Gasteiger partial charge is 0.469 e. The Hall–Kier alpha value is -2.81. The number of hydrogen-bond donors (Lipinski definition) is 0.